The zero-order valence-electron chi connectivity index (χ0n) is 22.9. The highest BCUT2D eigenvalue weighted by molar-refractivity contribution is 5.86. The van der Waals surface area contributed by atoms with E-state index in [2.05, 4.69) is 124 Å². The van der Waals surface area contributed by atoms with Crippen LogP contribution in [0.25, 0.3) is 22.3 Å². The third kappa shape index (κ3) is 2.92. The molecule has 0 aromatic heterocycles. The van der Waals surface area contributed by atoms with Gasteiger partial charge in [0.05, 0.1) is 5.54 Å². The molecule has 1 heteroatoms. The summed E-state index contributed by atoms with van der Waals surface area (Å²) in [6, 6.07) is 32.3. The van der Waals surface area contributed by atoms with Crippen LogP contribution in [0, 0.1) is 6.92 Å². The molecule has 0 amide bonds. The summed E-state index contributed by atoms with van der Waals surface area (Å²) >= 11 is 0. The molecule has 1 aliphatic heterocycles. The number of para-hydroxylation sites is 1. The lowest BCUT2D eigenvalue weighted by Crippen LogP contribution is -2.54. The maximum Gasteiger partial charge on any atom is 0.0517 e. The fourth-order valence-corrected chi connectivity index (χ4v) is 8.05. The van der Waals surface area contributed by atoms with Crippen LogP contribution in [0.2, 0.25) is 0 Å². The number of fused-ring (bicyclic) bond motifs is 6. The average molecular weight is 484 g/mol. The fraction of sp³-hybridized carbons (Fsp3) is 0.333. The third-order valence-electron chi connectivity index (χ3n) is 10.4. The number of benzene rings is 4. The Morgan fingerprint density at radius 3 is 2.14 bits per heavy atom. The minimum Gasteiger partial charge on any atom is -0.334 e. The maximum atomic E-state index is 2.68. The molecule has 0 spiro atoms. The van der Waals surface area contributed by atoms with E-state index in [-0.39, 0.29) is 16.4 Å². The molecule has 1 heterocycles. The smallest absolute Gasteiger partial charge is 0.0517 e. The van der Waals surface area contributed by atoms with Crippen LogP contribution in [-0.4, -0.2) is 5.54 Å². The van der Waals surface area contributed by atoms with Crippen molar-refractivity contribution in [1.29, 1.82) is 0 Å². The highest BCUT2D eigenvalue weighted by Gasteiger charge is 2.57. The van der Waals surface area contributed by atoms with E-state index in [9.17, 15) is 0 Å². The van der Waals surface area contributed by atoms with Crippen LogP contribution in [0.3, 0.4) is 0 Å². The molecule has 1 nitrogen and oxygen atoms in total. The minimum atomic E-state index is 0.0185. The average Bonchev–Trinajstić information content (AvgIpc) is 3.25. The van der Waals surface area contributed by atoms with Gasteiger partial charge in [0, 0.05) is 22.2 Å². The maximum absolute atomic E-state index is 2.68. The molecule has 4 aromatic rings. The van der Waals surface area contributed by atoms with E-state index in [0.717, 1.165) is 0 Å². The van der Waals surface area contributed by atoms with Crippen LogP contribution < -0.4 is 4.90 Å². The molecule has 2 aliphatic carbocycles. The second-order valence-electron chi connectivity index (χ2n) is 12.6. The number of hydrogen-bond acceptors (Lipinski definition) is 1. The van der Waals surface area contributed by atoms with Gasteiger partial charge in [-0.25, -0.2) is 0 Å². The van der Waals surface area contributed by atoms with Crippen LogP contribution in [0.1, 0.15) is 75.6 Å². The van der Waals surface area contributed by atoms with Gasteiger partial charge in [0.15, 0.2) is 0 Å². The molecular formula is C36H37N. The summed E-state index contributed by atoms with van der Waals surface area (Å²) in [5.74, 6) is 0. The Morgan fingerprint density at radius 1 is 0.622 bits per heavy atom. The zero-order chi connectivity index (χ0) is 25.6. The Kier molecular flexibility index (Phi) is 4.69. The number of aryl methyl sites for hydroxylation is 1. The molecule has 2 atom stereocenters. The minimum absolute atomic E-state index is 0.0185. The lowest BCUT2D eigenvalue weighted by atomic mass is 9.61. The van der Waals surface area contributed by atoms with Crippen molar-refractivity contribution in [2.45, 2.75) is 76.7 Å². The van der Waals surface area contributed by atoms with Gasteiger partial charge in [0.1, 0.15) is 0 Å². The molecule has 3 aliphatic rings. The molecule has 2 unspecified atom stereocenters. The quantitative estimate of drug-likeness (QED) is 0.274. The molecule has 0 bridgehead atoms. The summed E-state index contributed by atoms with van der Waals surface area (Å²) in [7, 11) is 0. The van der Waals surface area contributed by atoms with Gasteiger partial charge in [0.2, 0.25) is 0 Å². The monoisotopic (exact) mass is 483 g/mol. The van der Waals surface area contributed by atoms with Gasteiger partial charge < -0.3 is 4.90 Å². The van der Waals surface area contributed by atoms with Crippen LogP contribution >= 0.6 is 0 Å². The van der Waals surface area contributed by atoms with Crippen molar-refractivity contribution in [3.05, 3.63) is 107 Å². The van der Waals surface area contributed by atoms with E-state index in [1.807, 2.05) is 0 Å². The summed E-state index contributed by atoms with van der Waals surface area (Å²) in [5, 5.41) is 0. The molecule has 7 rings (SSSR count). The van der Waals surface area contributed by atoms with E-state index >= 15 is 0 Å². The van der Waals surface area contributed by atoms with Crippen molar-refractivity contribution in [3.8, 4) is 22.3 Å². The Hall–Kier alpha value is -3.32. The van der Waals surface area contributed by atoms with E-state index in [0.29, 0.717) is 0 Å². The fourth-order valence-electron chi connectivity index (χ4n) is 8.05. The van der Waals surface area contributed by atoms with Crippen molar-refractivity contribution in [1.82, 2.24) is 0 Å². The summed E-state index contributed by atoms with van der Waals surface area (Å²) in [4.78, 5) is 2.68. The highest BCUT2D eigenvalue weighted by atomic mass is 15.3. The standard InChI is InChI=1S/C36H37N/c1-24-21-33-32(35(4)19-11-12-20-36(35,5)37(33)26-13-7-6-8-14-26)23-29(24)25-17-18-28-27-15-9-10-16-30(27)34(2,3)31(28)22-25/h6-10,13-18,21-23H,11-12,19-20H2,1-5H3. The van der Waals surface area contributed by atoms with Crippen molar-refractivity contribution in [2.75, 3.05) is 4.90 Å². The Morgan fingerprint density at radius 2 is 1.32 bits per heavy atom. The molecule has 0 radical (unpaired) electrons. The second-order valence-corrected chi connectivity index (χ2v) is 12.6. The molecule has 0 saturated heterocycles. The molecule has 186 valence electrons. The van der Waals surface area contributed by atoms with Crippen molar-refractivity contribution < 1.29 is 0 Å². The lowest BCUT2D eigenvalue weighted by Gasteiger charge is -2.50. The summed E-state index contributed by atoms with van der Waals surface area (Å²) < 4.78 is 0. The first kappa shape index (κ1) is 22.8. The summed E-state index contributed by atoms with van der Waals surface area (Å²) in [5.41, 5.74) is 14.3. The zero-order valence-corrected chi connectivity index (χ0v) is 22.9. The predicted octanol–water partition coefficient (Wildman–Crippen LogP) is 9.71. The molecule has 0 N–H and O–H groups in total. The van der Waals surface area contributed by atoms with Crippen molar-refractivity contribution in [2.24, 2.45) is 0 Å². The predicted molar refractivity (Wildman–Crippen MR) is 157 cm³/mol. The van der Waals surface area contributed by atoms with Crippen molar-refractivity contribution in [3.63, 3.8) is 0 Å². The second kappa shape index (κ2) is 7.60. The number of anilines is 2. The van der Waals surface area contributed by atoms with Gasteiger partial charge in [-0.1, -0.05) is 88.2 Å². The Balaban J connectivity index is 1.42. The highest BCUT2D eigenvalue weighted by Crippen LogP contribution is 2.61. The SMILES string of the molecule is Cc1cc2c(cc1-c1ccc3c(c1)C(C)(C)c1ccccc1-3)C1(C)CCCCC1(C)N2c1ccccc1. The van der Waals surface area contributed by atoms with E-state index < -0.39 is 0 Å². The Bertz CT molecular complexity index is 1540. The molecule has 1 fully saturated rings. The number of nitrogens with zero attached hydrogens (tertiary/aromatic N) is 1. The van der Waals surface area contributed by atoms with Crippen LogP contribution in [-0.2, 0) is 10.8 Å². The van der Waals surface area contributed by atoms with E-state index in [1.165, 1.54) is 81.6 Å². The van der Waals surface area contributed by atoms with Gasteiger partial charge in [-0.05, 0) is 102 Å². The molecule has 1 saturated carbocycles. The lowest BCUT2D eigenvalue weighted by molar-refractivity contribution is 0.195. The Labute approximate surface area is 222 Å². The van der Waals surface area contributed by atoms with Gasteiger partial charge in [0.25, 0.3) is 0 Å². The van der Waals surface area contributed by atoms with E-state index in [4.69, 9.17) is 0 Å². The largest absolute Gasteiger partial charge is 0.334 e. The van der Waals surface area contributed by atoms with Gasteiger partial charge in [-0.15, -0.1) is 0 Å². The van der Waals surface area contributed by atoms with Gasteiger partial charge in [-0.3, -0.25) is 0 Å². The summed E-state index contributed by atoms with van der Waals surface area (Å²) in [6.07, 6.45) is 5.08. The van der Waals surface area contributed by atoms with Crippen LogP contribution in [0.4, 0.5) is 11.4 Å². The number of hydrogen-bond donors (Lipinski definition) is 0. The first-order valence-electron chi connectivity index (χ1n) is 14.0. The van der Waals surface area contributed by atoms with Gasteiger partial charge >= 0.3 is 0 Å². The molecule has 4 aromatic carbocycles. The first-order chi connectivity index (χ1) is 17.8. The van der Waals surface area contributed by atoms with E-state index in [1.54, 1.807) is 0 Å². The molecular weight excluding hydrogens is 446 g/mol. The van der Waals surface area contributed by atoms with Gasteiger partial charge in [-0.2, -0.15) is 0 Å². The first-order valence-corrected chi connectivity index (χ1v) is 14.0. The summed E-state index contributed by atoms with van der Waals surface area (Å²) in [6.45, 7) is 12.1. The third-order valence-corrected chi connectivity index (χ3v) is 10.4. The van der Waals surface area contributed by atoms with Crippen LogP contribution in [0.5, 0.6) is 0 Å². The van der Waals surface area contributed by atoms with Crippen LogP contribution in [0.15, 0.2) is 84.9 Å². The number of rotatable bonds is 2. The molecule has 37 heavy (non-hydrogen) atoms. The normalized spacial score (nSPS) is 24.8. The topological polar surface area (TPSA) is 3.24 Å². The van der Waals surface area contributed by atoms with Crippen molar-refractivity contribution >= 4 is 11.4 Å².